The fraction of sp³-hybridized carbons (Fsp3) is 0.440. The Labute approximate surface area is 194 Å². The number of rotatable bonds is 8. The second-order valence-electron chi connectivity index (χ2n) is 8.56. The molecule has 0 spiro atoms. The van der Waals surface area contributed by atoms with Gasteiger partial charge in [0.2, 0.25) is 11.8 Å². The van der Waals surface area contributed by atoms with Crippen molar-refractivity contribution < 1.29 is 14.4 Å². The minimum atomic E-state index is -0.233. The van der Waals surface area contributed by atoms with Crippen LogP contribution in [-0.4, -0.2) is 63.5 Å². The summed E-state index contributed by atoms with van der Waals surface area (Å²) in [6.45, 7) is 6.34. The molecule has 0 unspecified atom stereocenters. The van der Waals surface area contributed by atoms with Crippen molar-refractivity contribution in [2.75, 3.05) is 26.2 Å². The molecule has 1 saturated heterocycles. The predicted octanol–water partition coefficient (Wildman–Crippen LogP) is 1.94. The largest absolute Gasteiger partial charge is 0.353 e. The van der Waals surface area contributed by atoms with Crippen LogP contribution >= 0.6 is 0 Å². The molecule has 0 bridgehead atoms. The second kappa shape index (κ2) is 10.5. The van der Waals surface area contributed by atoms with Crippen molar-refractivity contribution in [3.05, 3.63) is 65.5 Å². The molecule has 0 aliphatic carbocycles. The lowest BCUT2D eigenvalue weighted by Crippen LogP contribution is -2.50. The van der Waals surface area contributed by atoms with Crippen molar-refractivity contribution in [1.82, 2.24) is 24.9 Å². The number of aryl methyl sites for hydroxylation is 2. The standard InChI is InChI=1S/C25H31N5O3/c1-2-3-11-23(32)28-15-12-21-20(17-28)24(25(33)29-16-13-26-22(31)18-29)27-30(21)14-7-10-19-8-5-4-6-9-19/h2,4-6,8-9H,1,3,7,10-18H2,(H,26,31). The first-order chi connectivity index (χ1) is 16.1. The van der Waals surface area contributed by atoms with Crippen molar-refractivity contribution in [3.8, 4) is 0 Å². The number of amides is 3. The number of aromatic nitrogens is 2. The highest BCUT2D eigenvalue weighted by molar-refractivity contribution is 5.97. The Morgan fingerprint density at radius 3 is 2.70 bits per heavy atom. The van der Waals surface area contributed by atoms with Gasteiger partial charge in [-0.25, -0.2) is 0 Å². The van der Waals surface area contributed by atoms with E-state index in [1.165, 1.54) is 5.56 Å². The van der Waals surface area contributed by atoms with Crippen molar-refractivity contribution in [1.29, 1.82) is 0 Å². The van der Waals surface area contributed by atoms with E-state index in [2.05, 4.69) is 24.0 Å². The maximum Gasteiger partial charge on any atom is 0.275 e. The van der Waals surface area contributed by atoms with Crippen LogP contribution in [-0.2, 0) is 35.5 Å². The molecule has 2 aliphatic rings. The molecule has 2 aromatic rings. The molecule has 0 radical (unpaired) electrons. The Morgan fingerprint density at radius 1 is 1.12 bits per heavy atom. The summed E-state index contributed by atoms with van der Waals surface area (Å²) >= 11 is 0. The van der Waals surface area contributed by atoms with E-state index in [1.54, 1.807) is 11.0 Å². The molecule has 4 rings (SSSR count). The number of allylic oxidation sites excluding steroid dienone is 1. The van der Waals surface area contributed by atoms with Crippen molar-refractivity contribution in [3.63, 3.8) is 0 Å². The summed E-state index contributed by atoms with van der Waals surface area (Å²) in [6.07, 6.45) is 5.29. The van der Waals surface area contributed by atoms with Gasteiger partial charge in [0.15, 0.2) is 5.69 Å². The second-order valence-corrected chi connectivity index (χ2v) is 8.56. The van der Waals surface area contributed by atoms with E-state index in [-0.39, 0.29) is 24.3 Å². The highest BCUT2D eigenvalue weighted by Gasteiger charge is 2.33. The third kappa shape index (κ3) is 5.32. The van der Waals surface area contributed by atoms with Crippen LogP contribution in [0.5, 0.6) is 0 Å². The van der Waals surface area contributed by atoms with E-state index >= 15 is 0 Å². The number of hydrogen-bond donors (Lipinski definition) is 1. The lowest BCUT2D eigenvalue weighted by Gasteiger charge is -2.29. The fourth-order valence-electron chi connectivity index (χ4n) is 4.48. The smallest absolute Gasteiger partial charge is 0.275 e. The SMILES string of the molecule is C=CCCC(=O)N1CCc2c(c(C(=O)N3CCNC(=O)C3)nn2CCCc2ccccc2)C1. The molecule has 1 aromatic heterocycles. The van der Waals surface area contributed by atoms with Gasteiger partial charge in [0.1, 0.15) is 0 Å². The van der Waals surface area contributed by atoms with E-state index < -0.39 is 0 Å². The molecule has 3 amide bonds. The van der Waals surface area contributed by atoms with Gasteiger partial charge in [0, 0.05) is 56.8 Å². The molecule has 1 aromatic carbocycles. The van der Waals surface area contributed by atoms with Gasteiger partial charge >= 0.3 is 0 Å². The molecular weight excluding hydrogens is 418 g/mol. The Bertz CT molecular complexity index is 1030. The van der Waals surface area contributed by atoms with Crippen LogP contribution in [0.2, 0.25) is 0 Å². The molecule has 0 saturated carbocycles. The van der Waals surface area contributed by atoms with Gasteiger partial charge < -0.3 is 15.1 Å². The highest BCUT2D eigenvalue weighted by atomic mass is 16.2. The van der Waals surface area contributed by atoms with Crippen molar-refractivity contribution in [2.24, 2.45) is 0 Å². The summed E-state index contributed by atoms with van der Waals surface area (Å²) < 4.78 is 1.95. The number of fused-ring (bicyclic) bond motifs is 1. The number of carbonyl (C=O) groups excluding carboxylic acids is 3. The topological polar surface area (TPSA) is 87.5 Å². The normalized spacial score (nSPS) is 15.7. The molecule has 1 N–H and O–H groups in total. The summed E-state index contributed by atoms with van der Waals surface area (Å²) in [5.41, 5.74) is 3.50. The summed E-state index contributed by atoms with van der Waals surface area (Å²) in [4.78, 5) is 41.1. The third-order valence-electron chi connectivity index (χ3n) is 6.26. The quantitative estimate of drug-likeness (QED) is 0.624. The number of hydrogen-bond acceptors (Lipinski definition) is 4. The fourth-order valence-corrected chi connectivity index (χ4v) is 4.48. The minimum Gasteiger partial charge on any atom is -0.353 e. The average Bonchev–Trinajstić information content (AvgIpc) is 3.20. The Hall–Kier alpha value is -3.42. The molecular formula is C25H31N5O3. The molecule has 8 heteroatoms. The van der Waals surface area contributed by atoms with E-state index in [4.69, 9.17) is 5.10 Å². The molecule has 0 atom stereocenters. The Balaban J connectivity index is 1.55. The van der Waals surface area contributed by atoms with Crippen LogP contribution in [0.1, 0.15) is 46.6 Å². The van der Waals surface area contributed by atoms with Gasteiger partial charge in [-0.3, -0.25) is 19.1 Å². The number of nitrogens with one attached hydrogen (secondary N) is 1. The lowest BCUT2D eigenvalue weighted by atomic mass is 10.0. The molecule has 2 aliphatic heterocycles. The van der Waals surface area contributed by atoms with Gasteiger partial charge in [-0.1, -0.05) is 36.4 Å². The first-order valence-corrected chi connectivity index (χ1v) is 11.6. The predicted molar refractivity (Wildman–Crippen MR) is 124 cm³/mol. The molecule has 33 heavy (non-hydrogen) atoms. The Kier molecular flexibility index (Phi) is 7.22. The van der Waals surface area contributed by atoms with Gasteiger partial charge in [-0.05, 0) is 24.8 Å². The number of piperazine rings is 1. The number of benzene rings is 1. The monoisotopic (exact) mass is 449 g/mol. The zero-order valence-corrected chi connectivity index (χ0v) is 19.0. The van der Waals surface area contributed by atoms with E-state index in [9.17, 15) is 14.4 Å². The zero-order chi connectivity index (χ0) is 23.2. The average molecular weight is 450 g/mol. The first kappa shape index (κ1) is 22.8. The van der Waals surface area contributed by atoms with Crippen LogP contribution in [0.3, 0.4) is 0 Å². The molecule has 174 valence electrons. The van der Waals surface area contributed by atoms with E-state index in [0.29, 0.717) is 57.7 Å². The maximum absolute atomic E-state index is 13.3. The lowest BCUT2D eigenvalue weighted by molar-refractivity contribution is -0.132. The third-order valence-corrected chi connectivity index (χ3v) is 6.26. The van der Waals surface area contributed by atoms with Crippen LogP contribution < -0.4 is 5.32 Å². The van der Waals surface area contributed by atoms with Gasteiger partial charge in [-0.2, -0.15) is 5.10 Å². The van der Waals surface area contributed by atoms with Crippen LogP contribution in [0.25, 0.3) is 0 Å². The van der Waals surface area contributed by atoms with E-state index in [1.807, 2.05) is 27.8 Å². The van der Waals surface area contributed by atoms with Crippen molar-refractivity contribution >= 4 is 17.7 Å². The van der Waals surface area contributed by atoms with Crippen molar-refractivity contribution in [2.45, 2.75) is 45.2 Å². The van der Waals surface area contributed by atoms with Gasteiger partial charge in [-0.15, -0.1) is 6.58 Å². The molecule has 1 fully saturated rings. The van der Waals surface area contributed by atoms with Crippen LogP contribution in [0, 0.1) is 0 Å². The summed E-state index contributed by atoms with van der Waals surface area (Å²) in [7, 11) is 0. The van der Waals surface area contributed by atoms with E-state index in [0.717, 1.165) is 24.1 Å². The summed E-state index contributed by atoms with van der Waals surface area (Å²) in [6, 6.07) is 10.3. The van der Waals surface area contributed by atoms with Crippen LogP contribution in [0.15, 0.2) is 43.0 Å². The van der Waals surface area contributed by atoms with Crippen LogP contribution in [0.4, 0.5) is 0 Å². The summed E-state index contributed by atoms with van der Waals surface area (Å²) in [5, 5.41) is 7.47. The zero-order valence-electron chi connectivity index (χ0n) is 19.0. The maximum atomic E-state index is 13.3. The van der Waals surface area contributed by atoms with Gasteiger partial charge in [0.05, 0.1) is 6.54 Å². The summed E-state index contributed by atoms with van der Waals surface area (Å²) in [5.74, 6) is -0.330. The first-order valence-electron chi connectivity index (χ1n) is 11.6. The Morgan fingerprint density at radius 2 is 1.94 bits per heavy atom. The number of nitrogens with zero attached hydrogens (tertiary/aromatic N) is 4. The number of carbonyl (C=O) groups is 3. The molecule has 8 nitrogen and oxygen atoms in total. The highest BCUT2D eigenvalue weighted by Crippen LogP contribution is 2.25. The molecule has 3 heterocycles. The van der Waals surface area contributed by atoms with Gasteiger partial charge in [0.25, 0.3) is 5.91 Å². The minimum absolute atomic E-state index is 0.0381.